The van der Waals surface area contributed by atoms with Gasteiger partial charge in [-0.3, -0.25) is 4.79 Å². The quantitative estimate of drug-likeness (QED) is 0.142. The number of aliphatic hydroxyl groups is 1. The van der Waals surface area contributed by atoms with Crippen molar-refractivity contribution in [2.75, 3.05) is 6.79 Å². The van der Waals surface area contributed by atoms with Crippen molar-refractivity contribution in [3.05, 3.63) is 120 Å². The minimum absolute atomic E-state index is 0.00222. The number of ether oxygens (including phenoxy) is 2. The van der Waals surface area contributed by atoms with Crippen molar-refractivity contribution in [2.24, 2.45) is 0 Å². The molecule has 4 aromatic carbocycles. The number of carbonyl (C=O) groups excluding carboxylic acids is 1. The number of hydrogen-bond donors (Lipinski definition) is 3. The first kappa shape index (κ1) is 32.0. The van der Waals surface area contributed by atoms with Gasteiger partial charge in [-0.25, -0.2) is 14.6 Å². The van der Waals surface area contributed by atoms with Crippen LogP contribution in [0.15, 0.2) is 107 Å². The maximum atomic E-state index is 14.1. The summed E-state index contributed by atoms with van der Waals surface area (Å²) in [6.45, 7) is 1.87. The van der Waals surface area contributed by atoms with Gasteiger partial charge < -0.3 is 34.1 Å². The number of oxazole rings is 1. The van der Waals surface area contributed by atoms with Gasteiger partial charge in [-0.05, 0) is 71.7 Å². The van der Waals surface area contributed by atoms with Crippen LogP contribution in [0.1, 0.15) is 36.3 Å². The minimum Gasteiger partial charge on any atom is -0.478 e. The molecule has 0 fully saturated rings. The largest absolute Gasteiger partial charge is 0.478 e. The Hall–Kier alpha value is -5.94. The molecule has 0 radical (unpaired) electrons. The number of aromatic nitrogens is 1. The number of carboxylic acids is 2. The first-order valence-electron chi connectivity index (χ1n) is 15.2. The van der Waals surface area contributed by atoms with Crippen LogP contribution in [0, 0.1) is 0 Å². The van der Waals surface area contributed by atoms with Crippen molar-refractivity contribution in [3.8, 4) is 11.5 Å². The van der Waals surface area contributed by atoms with E-state index in [4.69, 9.17) is 13.9 Å². The third-order valence-electron chi connectivity index (χ3n) is 8.36. The fraction of sp³-hybridized carbons (Fsp3) is 0.189. The molecule has 1 aliphatic heterocycles. The molecule has 0 bridgehead atoms. The summed E-state index contributed by atoms with van der Waals surface area (Å²) in [5.41, 5.74) is 1.93. The van der Waals surface area contributed by atoms with Gasteiger partial charge in [-0.1, -0.05) is 60.7 Å². The van der Waals surface area contributed by atoms with Gasteiger partial charge in [0.05, 0.1) is 5.57 Å². The Morgan fingerprint density at radius 2 is 1.67 bits per heavy atom. The standard InChI is InChI=1S/C37H32N2O9/c1-22(27(26-15-16-31-32(18-26)47-21-46-31)9-6-12-33-38-29-10-4-5-11-30(29)48-33)39(36(43)35(42)28(37(44)45)19-34(40)41)20-23-13-14-24-7-2-3-8-25(24)17-23/h2-8,10-19,22,27,35,42H,9,20-21H2,1H3,(H,40,41)(H,44,45)/b12-6+,28-19?/t22-,27+,35?/m1/s1. The predicted molar refractivity (Wildman–Crippen MR) is 176 cm³/mol. The third-order valence-corrected chi connectivity index (χ3v) is 8.36. The number of carboxylic acid groups (broad SMARTS) is 2. The zero-order valence-electron chi connectivity index (χ0n) is 25.9. The van der Waals surface area contributed by atoms with E-state index in [1.165, 1.54) is 4.90 Å². The van der Waals surface area contributed by atoms with Gasteiger partial charge >= 0.3 is 11.9 Å². The molecule has 11 heteroatoms. The summed E-state index contributed by atoms with van der Waals surface area (Å²) in [6.07, 6.45) is 2.08. The van der Waals surface area contributed by atoms with Gasteiger partial charge in [0.15, 0.2) is 23.2 Å². The average molecular weight is 649 g/mol. The highest BCUT2D eigenvalue weighted by Crippen LogP contribution is 2.38. The topological polar surface area (TPSA) is 160 Å². The molecular weight excluding hydrogens is 616 g/mol. The molecule has 3 atom stereocenters. The summed E-state index contributed by atoms with van der Waals surface area (Å²) in [4.78, 5) is 43.4. The third kappa shape index (κ3) is 6.91. The van der Waals surface area contributed by atoms with Gasteiger partial charge in [0.25, 0.3) is 5.91 Å². The Morgan fingerprint density at radius 3 is 2.44 bits per heavy atom. The molecule has 1 aromatic heterocycles. The van der Waals surface area contributed by atoms with E-state index in [2.05, 4.69) is 4.98 Å². The van der Waals surface area contributed by atoms with Crippen molar-refractivity contribution in [1.29, 1.82) is 0 Å². The molecule has 11 nitrogen and oxygen atoms in total. The molecule has 3 N–H and O–H groups in total. The van der Waals surface area contributed by atoms with Crippen LogP contribution in [0.2, 0.25) is 0 Å². The zero-order chi connectivity index (χ0) is 33.8. The van der Waals surface area contributed by atoms with Crippen molar-refractivity contribution in [3.63, 3.8) is 0 Å². The number of nitrogens with zero attached hydrogens (tertiary/aromatic N) is 2. The molecule has 0 aliphatic carbocycles. The lowest BCUT2D eigenvalue weighted by molar-refractivity contribution is -0.145. The Morgan fingerprint density at radius 1 is 0.917 bits per heavy atom. The van der Waals surface area contributed by atoms with E-state index in [0.29, 0.717) is 41.0 Å². The van der Waals surface area contributed by atoms with Gasteiger partial charge in [-0.15, -0.1) is 0 Å². The number of allylic oxidation sites excluding steroid dienone is 1. The van der Waals surface area contributed by atoms with Gasteiger partial charge in [-0.2, -0.15) is 0 Å². The van der Waals surface area contributed by atoms with E-state index in [9.17, 15) is 29.7 Å². The number of aliphatic carboxylic acids is 2. The van der Waals surface area contributed by atoms with E-state index >= 15 is 0 Å². The monoisotopic (exact) mass is 648 g/mol. The normalized spacial score (nSPS) is 14.7. The Labute approximate surface area is 275 Å². The number of benzene rings is 4. The molecule has 2 heterocycles. The Kier molecular flexibility index (Phi) is 9.22. The number of fused-ring (bicyclic) bond motifs is 3. The molecule has 1 amide bonds. The SMILES string of the molecule is C[C@H]([C@H](C/C=C/c1nc2ccccc2o1)c1ccc2c(c1)OCO2)N(Cc1ccc2ccccc2c1)C(=O)C(O)C(=CC(=O)O)C(=O)O. The number of rotatable bonds is 12. The van der Waals surface area contributed by atoms with Crippen LogP contribution in [0.3, 0.4) is 0 Å². The molecule has 0 saturated carbocycles. The maximum Gasteiger partial charge on any atom is 0.335 e. The summed E-state index contributed by atoms with van der Waals surface area (Å²) in [5, 5.41) is 32.0. The first-order chi connectivity index (χ1) is 23.2. The first-order valence-corrected chi connectivity index (χ1v) is 15.2. The van der Waals surface area contributed by atoms with Crippen LogP contribution in [-0.4, -0.2) is 62.0 Å². The summed E-state index contributed by atoms with van der Waals surface area (Å²) < 4.78 is 17.0. The zero-order valence-corrected chi connectivity index (χ0v) is 25.9. The molecule has 244 valence electrons. The number of aliphatic hydroxyl groups excluding tert-OH is 1. The highest BCUT2D eigenvalue weighted by Gasteiger charge is 2.36. The van der Waals surface area contributed by atoms with Crippen LogP contribution in [0.5, 0.6) is 11.5 Å². The van der Waals surface area contributed by atoms with Crippen molar-refractivity contribution < 1.29 is 43.6 Å². The average Bonchev–Trinajstić information content (AvgIpc) is 3.73. The van der Waals surface area contributed by atoms with Gasteiger partial charge in [0.1, 0.15) is 5.52 Å². The summed E-state index contributed by atoms with van der Waals surface area (Å²) >= 11 is 0. The molecule has 5 aromatic rings. The summed E-state index contributed by atoms with van der Waals surface area (Å²) in [7, 11) is 0. The van der Waals surface area contributed by atoms with Crippen LogP contribution in [-0.2, 0) is 20.9 Å². The Balaban J connectivity index is 1.39. The van der Waals surface area contributed by atoms with E-state index in [-0.39, 0.29) is 13.3 Å². The molecular formula is C37H32N2O9. The second kappa shape index (κ2) is 13.8. The maximum absolute atomic E-state index is 14.1. The van der Waals surface area contributed by atoms with Crippen molar-refractivity contribution >= 4 is 45.8 Å². The number of hydrogen-bond acceptors (Lipinski definition) is 8. The van der Waals surface area contributed by atoms with E-state index in [1.807, 2.05) is 84.9 Å². The number of carbonyl (C=O) groups is 3. The van der Waals surface area contributed by atoms with Crippen LogP contribution in [0.25, 0.3) is 27.9 Å². The molecule has 1 aliphatic rings. The van der Waals surface area contributed by atoms with Crippen LogP contribution >= 0.6 is 0 Å². The van der Waals surface area contributed by atoms with Crippen molar-refractivity contribution in [1.82, 2.24) is 9.88 Å². The lowest BCUT2D eigenvalue weighted by atomic mass is 9.87. The second-order valence-electron chi connectivity index (χ2n) is 11.4. The van der Waals surface area contributed by atoms with Crippen molar-refractivity contribution in [2.45, 2.75) is 38.0 Å². The molecule has 1 unspecified atom stereocenters. The number of para-hydroxylation sites is 2. The smallest absolute Gasteiger partial charge is 0.335 e. The fourth-order valence-corrected chi connectivity index (χ4v) is 5.89. The second-order valence-corrected chi connectivity index (χ2v) is 11.4. The summed E-state index contributed by atoms with van der Waals surface area (Å²) in [5.74, 6) is -3.18. The van der Waals surface area contributed by atoms with E-state index in [1.54, 1.807) is 19.1 Å². The molecule has 6 rings (SSSR count). The summed E-state index contributed by atoms with van der Waals surface area (Å²) in [6, 6.07) is 25.6. The molecule has 48 heavy (non-hydrogen) atoms. The van der Waals surface area contributed by atoms with E-state index in [0.717, 1.165) is 21.9 Å². The minimum atomic E-state index is -2.24. The van der Waals surface area contributed by atoms with Crippen LogP contribution < -0.4 is 9.47 Å². The van der Waals surface area contributed by atoms with E-state index < -0.39 is 41.5 Å². The predicted octanol–water partition coefficient (Wildman–Crippen LogP) is 5.77. The van der Waals surface area contributed by atoms with Gasteiger partial charge in [0.2, 0.25) is 12.7 Å². The lowest BCUT2D eigenvalue weighted by Gasteiger charge is -2.36. The highest BCUT2D eigenvalue weighted by molar-refractivity contribution is 6.02. The Bertz CT molecular complexity index is 2030. The fourth-order valence-electron chi connectivity index (χ4n) is 5.89. The number of amides is 1. The molecule has 0 saturated heterocycles. The van der Waals surface area contributed by atoms with Gasteiger partial charge in [0, 0.05) is 24.6 Å². The highest BCUT2D eigenvalue weighted by atomic mass is 16.7. The van der Waals surface area contributed by atoms with Crippen LogP contribution in [0.4, 0.5) is 0 Å². The lowest BCUT2D eigenvalue weighted by Crippen LogP contribution is -2.47. The molecule has 0 spiro atoms.